The summed E-state index contributed by atoms with van der Waals surface area (Å²) >= 11 is 0. The van der Waals surface area contributed by atoms with Gasteiger partial charge in [-0.3, -0.25) is 4.79 Å². The van der Waals surface area contributed by atoms with Gasteiger partial charge in [0.05, 0.1) is 13.0 Å². The maximum absolute atomic E-state index is 12.1. The first-order valence-corrected chi connectivity index (χ1v) is 8.81. The second-order valence-corrected chi connectivity index (χ2v) is 6.25. The van der Waals surface area contributed by atoms with E-state index in [0.717, 1.165) is 22.4 Å². The van der Waals surface area contributed by atoms with Crippen LogP contribution in [0.4, 0.5) is 0 Å². The van der Waals surface area contributed by atoms with Crippen molar-refractivity contribution in [3.8, 4) is 16.9 Å². The Bertz CT molecular complexity index is 842. The average molecular weight is 345 g/mol. The molecule has 0 aliphatic carbocycles. The fourth-order valence-corrected chi connectivity index (χ4v) is 2.76. The zero-order valence-corrected chi connectivity index (χ0v) is 14.9. The number of ether oxygens (including phenoxy) is 1. The van der Waals surface area contributed by atoms with Gasteiger partial charge in [0.25, 0.3) is 0 Å². The summed E-state index contributed by atoms with van der Waals surface area (Å²) in [6, 6.07) is 26.2. The Morgan fingerprint density at radius 3 is 2.35 bits per heavy atom. The van der Waals surface area contributed by atoms with Crippen molar-refractivity contribution in [1.29, 1.82) is 0 Å². The monoisotopic (exact) mass is 345 g/mol. The lowest BCUT2D eigenvalue weighted by Gasteiger charge is -2.09. The first-order chi connectivity index (χ1) is 12.7. The van der Waals surface area contributed by atoms with Crippen molar-refractivity contribution in [1.82, 2.24) is 5.32 Å². The summed E-state index contributed by atoms with van der Waals surface area (Å²) in [6.45, 7) is 2.98. The molecule has 1 N–H and O–H groups in total. The van der Waals surface area contributed by atoms with Gasteiger partial charge in [-0.1, -0.05) is 66.7 Å². The van der Waals surface area contributed by atoms with Crippen LogP contribution >= 0.6 is 0 Å². The Balaban J connectivity index is 1.43. The SMILES string of the molecule is Cc1cccc(OCCNC(=O)Cc2ccc(-c3ccccc3)cc2)c1. The number of benzene rings is 3. The summed E-state index contributed by atoms with van der Waals surface area (Å²) in [7, 11) is 0. The van der Waals surface area contributed by atoms with Crippen LogP contribution in [0.5, 0.6) is 5.75 Å². The van der Waals surface area contributed by atoms with Gasteiger partial charge in [0, 0.05) is 0 Å². The van der Waals surface area contributed by atoms with Crippen molar-refractivity contribution in [2.45, 2.75) is 13.3 Å². The molecule has 0 aromatic heterocycles. The van der Waals surface area contributed by atoms with Gasteiger partial charge in [-0.2, -0.15) is 0 Å². The van der Waals surface area contributed by atoms with Crippen molar-refractivity contribution in [2.75, 3.05) is 13.2 Å². The molecule has 3 heteroatoms. The maximum Gasteiger partial charge on any atom is 0.224 e. The maximum atomic E-state index is 12.1. The molecule has 0 saturated heterocycles. The number of hydrogen-bond donors (Lipinski definition) is 1. The molecule has 0 heterocycles. The normalized spacial score (nSPS) is 10.3. The predicted molar refractivity (Wildman–Crippen MR) is 105 cm³/mol. The van der Waals surface area contributed by atoms with E-state index in [0.29, 0.717) is 19.6 Å². The summed E-state index contributed by atoms with van der Waals surface area (Å²) in [4.78, 5) is 12.1. The van der Waals surface area contributed by atoms with Crippen LogP contribution in [0.2, 0.25) is 0 Å². The van der Waals surface area contributed by atoms with Gasteiger partial charge in [0.15, 0.2) is 0 Å². The van der Waals surface area contributed by atoms with Gasteiger partial charge < -0.3 is 10.1 Å². The largest absolute Gasteiger partial charge is 0.492 e. The van der Waals surface area contributed by atoms with E-state index in [1.165, 1.54) is 5.56 Å². The number of nitrogens with one attached hydrogen (secondary N) is 1. The molecule has 3 aromatic carbocycles. The van der Waals surface area contributed by atoms with Crippen molar-refractivity contribution in [2.24, 2.45) is 0 Å². The Kier molecular flexibility index (Phi) is 6.05. The molecule has 0 atom stereocenters. The number of carbonyl (C=O) groups excluding carboxylic acids is 1. The minimum atomic E-state index is 0.00491. The summed E-state index contributed by atoms with van der Waals surface area (Å²) in [5.41, 5.74) is 4.49. The van der Waals surface area contributed by atoms with Gasteiger partial charge >= 0.3 is 0 Å². The standard InChI is InChI=1S/C23H23NO2/c1-18-6-5-9-22(16-18)26-15-14-24-23(25)17-19-10-12-21(13-11-19)20-7-3-2-4-8-20/h2-13,16H,14-15,17H2,1H3,(H,24,25). The summed E-state index contributed by atoms with van der Waals surface area (Å²) < 4.78 is 5.64. The summed E-state index contributed by atoms with van der Waals surface area (Å²) in [6.07, 6.45) is 0.375. The summed E-state index contributed by atoms with van der Waals surface area (Å²) in [5.74, 6) is 0.834. The van der Waals surface area contributed by atoms with Gasteiger partial charge in [0.1, 0.15) is 12.4 Å². The predicted octanol–water partition coefficient (Wildman–Crippen LogP) is 4.40. The molecule has 3 nitrogen and oxygen atoms in total. The number of hydrogen-bond acceptors (Lipinski definition) is 2. The third kappa shape index (κ3) is 5.21. The van der Waals surface area contributed by atoms with Crippen molar-refractivity contribution < 1.29 is 9.53 Å². The quantitative estimate of drug-likeness (QED) is 0.645. The van der Waals surface area contributed by atoms with Gasteiger partial charge in [-0.25, -0.2) is 0 Å². The molecule has 0 radical (unpaired) electrons. The molecule has 3 aromatic rings. The van der Waals surface area contributed by atoms with Gasteiger partial charge in [-0.05, 0) is 41.3 Å². The second kappa shape index (κ2) is 8.86. The lowest BCUT2D eigenvalue weighted by molar-refractivity contribution is -0.120. The lowest BCUT2D eigenvalue weighted by Crippen LogP contribution is -2.29. The van der Waals surface area contributed by atoms with Crippen LogP contribution in [0.25, 0.3) is 11.1 Å². The number of amides is 1. The van der Waals surface area contributed by atoms with E-state index < -0.39 is 0 Å². The van der Waals surface area contributed by atoms with E-state index in [-0.39, 0.29) is 5.91 Å². The third-order valence-corrected chi connectivity index (χ3v) is 4.11. The fourth-order valence-electron chi connectivity index (χ4n) is 2.76. The molecule has 0 saturated carbocycles. The van der Waals surface area contributed by atoms with Crippen molar-refractivity contribution in [3.05, 3.63) is 90.0 Å². The minimum Gasteiger partial charge on any atom is -0.492 e. The van der Waals surface area contributed by atoms with Gasteiger partial charge in [0.2, 0.25) is 5.91 Å². The highest BCUT2D eigenvalue weighted by Gasteiger charge is 2.04. The van der Waals surface area contributed by atoms with E-state index in [1.807, 2.05) is 61.5 Å². The highest BCUT2D eigenvalue weighted by Crippen LogP contribution is 2.19. The average Bonchev–Trinajstić information content (AvgIpc) is 2.67. The van der Waals surface area contributed by atoms with Crippen LogP contribution in [0.3, 0.4) is 0 Å². The first kappa shape index (κ1) is 17.7. The van der Waals surface area contributed by atoms with E-state index in [1.54, 1.807) is 0 Å². The van der Waals surface area contributed by atoms with Crippen LogP contribution in [0, 0.1) is 6.92 Å². The van der Waals surface area contributed by atoms with E-state index in [4.69, 9.17) is 4.74 Å². The van der Waals surface area contributed by atoms with Crippen molar-refractivity contribution in [3.63, 3.8) is 0 Å². The first-order valence-electron chi connectivity index (χ1n) is 8.81. The van der Waals surface area contributed by atoms with Crippen LogP contribution in [-0.2, 0) is 11.2 Å². The second-order valence-electron chi connectivity index (χ2n) is 6.25. The molecule has 3 rings (SSSR count). The molecule has 0 fully saturated rings. The van der Waals surface area contributed by atoms with Crippen LogP contribution in [0.1, 0.15) is 11.1 Å². The molecule has 0 aliphatic rings. The highest BCUT2D eigenvalue weighted by atomic mass is 16.5. The Labute approximate surface area is 154 Å². The number of rotatable bonds is 7. The number of carbonyl (C=O) groups is 1. The molecule has 0 unspecified atom stereocenters. The third-order valence-electron chi connectivity index (χ3n) is 4.11. The van der Waals surface area contributed by atoms with E-state index in [2.05, 4.69) is 29.6 Å². The molecule has 26 heavy (non-hydrogen) atoms. The molecular weight excluding hydrogens is 322 g/mol. The van der Waals surface area contributed by atoms with Gasteiger partial charge in [-0.15, -0.1) is 0 Å². The molecular formula is C23H23NO2. The Morgan fingerprint density at radius 1 is 0.885 bits per heavy atom. The number of aryl methyl sites for hydroxylation is 1. The minimum absolute atomic E-state index is 0.00491. The van der Waals surface area contributed by atoms with Crippen LogP contribution < -0.4 is 10.1 Å². The Morgan fingerprint density at radius 2 is 1.62 bits per heavy atom. The Hall–Kier alpha value is -3.07. The molecule has 0 bridgehead atoms. The van der Waals surface area contributed by atoms with E-state index in [9.17, 15) is 4.79 Å². The topological polar surface area (TPSA) is 38.3 Å². The molecule has 1 amide bonds. The zero-order valence-electron chi connectivity index (χ0n) is 14.9. The zero-order chi connectivity index (χ0) is 18.2. The fraction of sp³-hybridized carbons (Fsp3) is 0.174. The smallest absolute Gasteiger partial charge is 0.224 e. The van der Waals surface area contributed by atoms with Crippen LogP contribution in [-0.4, -0.2) is 19.1 Å². The van der Waals surface area contributed by atoms with E-state index >= 15 is 0 Å². The molecule has 0 aliphatic heterocycles. The lowest BCUT2D eigenvalue weighted by atomic mass is 10.0. The molecule has 132 valence electrons. The highest BCUT2D eigenvalue weighted by molar-refractivity contribution is 5.78. The van der Waals surface area contributed by atoms with Crippen LogP contribution in [0.15, 0.2) is 78.9 Å². The van der Waals surface area contributed by atoms with Crippen molar-refractivity contribution >= 4 is 5.91 Å². The molecule has 0 spiro atoms. The summed E-state index contributed by atoms with van der Waals surface area (Å²) in [5, 5.41) is 2.90.